The van der Waals surface area contributed by atoms with Crippen molar-refractivity contribution in [1.29, 1.82) is 0 Å². The lowest BCUT2D eigenvalue weighted by molar-refractivity contribution is -0.148. The quantitative estimate of drug-likeness (QED) is 0.845. The van der Waals surface area contributed by atoms with Gasteiger partial charge in [0, 0.05) is 4.47 Å². The molecule has 0 bridgehead atoms. The van der Waals surface area contributed by atoms with Crippen molar-refractivity contribution in [2.75, 3.05) is 20.8 Å². The number of rotatable bonds is 5. The van der Waals surface area contributed by atoms with Crippen molar-refractivity contribution in [2.24, 2.45) is 0 Å². The Bertz CT molecular complexity index is 397. The highest BCUT2D eigenvalue weighted by Crippen LogP contribution is 2.19. The largest absolute Gasteiger partial charge is 0.491 e. The van der Waals surface area contributed by atoms with Crippen LogP contribution in [0, 0.1) is 0 Å². The zero-order valence-electron chi connectivity index (χ0n) is 10.1. The standard InChI is InChI=1S/C12H16BrNO3/c1-12(14-2,11(15)16-3)8-17-10-6-4-5-9(13)7-10/h4-7,14H,8H2,1-3H3. The summed E-state index contributed by atoms with van der Waals surface area (Å²) in [5.41, 5.74) is -0.850. The van der Waals surface area contributed by atoms with E-state index in [1.807, 2.05) is 24.3 Å². The lowest BCUT2D eigenvalue weighted by Crippen LogP contribution is -2.52. The fourth-order valence-electron chi connectivity index (χ4n) is 1.24. The number of esters is 1. The number of hydrogen-bond acceptors (Lipinski definition) is 4. The van der Waals surface area contributed by atoms with E-state index in [0.29, 0.717) is 5.75 Å². The van der Waals surface area contributed by atoms with Crippen LogP contribution in [0.25, 0.3) is 0 Å². The molecule has 0 heterocycles. The summed E-state index contributed by atoms with van der Waals surface area (Å²) in [7, 11) is 3.05. The first kappa shape index (κ1) is 14.0. The second-order valence-electron chi connectivity index (χ2n) is 3.82. The number of nitrogens with one attached hydrogen (secondary N) is 1. The maximum absolute atomic E-state index is 11.6. The van der Waals surface area contributed by atoms with Gasteiger partial charge in [0.15, 0.2) is 0 Å². The average molecular weight is 302 g/mol. The molecule has 1 N–H and O–H groups in total. The third kappa shape index (κ3) is 3.71. The predicted molar refractivity (Wildman–Crippen MR) is 69.1 cm³/mol. The van der Waals surface area contributed by atoms with Crippen LogP contribution in [-0.4, -0.2) is 32.3 Å². The minimum absolute atomic E-state index is 0.201. The monoisotopic (exact) mass is 301 g/mol. The molecule has 4 nitrogen and oxygen atoms in total. The van der Waals surface area contributed by atoms with Crippen LogP contribution in [0.1, 0.15) is 6.92 Å². The zero-order valence-corrected chi connectivity index (χ0v) is 11.7. The van der Waals surface area contributed by atoms with E-state index < -0.39 is 5.54 Å². The van der Waals surface area contributed by atoms with E-state index >= 15 is 0 Å². The fourth-order valence-corrected chi connectivity index (χ4v) is 1.62. The second-order valence-corrected chi connectivity index (χ2v) is 4.74. The first-order valence-corrected chi connectivity index (χ1v) is 5.97. The Balaban J connectivity index is 2.68. The highest BCUT2D eigenvalue weighted by Gasteiger charge is 2.33. The van der Waals surface area contributed by atoms with Crippen LogP contribution in [-0.2, 0) is 9.53 Å². The maximum Gasteiger partial charge on any atom is 0.329 e. The van der Waals surface area contributed by atoms with Crippen LogP contribution in [0.4, 0.5) is 0 Å². The molecular formula is C12H16BrNO3. The number of benzene rings is 1. The van der Waals surface area contributed by atoms with Gasteiger partial charge in [-0.05, 0) is 32.2 Å². The molecule has 1 atom stereocenters. The highest BCUT2D eigenvalue weighted by atomic mass is 79.9. The van der Waals surface area contributed by atoms with Gasteiger partial charge in [0.05, 0.1) is 7.11 Å². The van der Waals surface area contributed by atoms with Gasteiger partial charge < -0.3 is 14.8 Å². The van der Waals surface area contributed by atoms with Gasteiger partial charge in [-0.1, -0.05) is 22.0 Å². The summed E-state index contributed by atoms with van der Waals surface area (Å²) in [6.07, 6.45) is 0. The number of carbonyl (C=O) groups excluding carboxylic acids is 1. The molecule has 94 valence electrons. The molecule has 0 fully saturated rings. The normalized spacial score (nSPS) is 13.9. The van der Waals surface area contributed by atoms with E-state index in [9.17, 15) is 4.79 Å². The first-order chi connectivity index (χ1) is 8.01. The minimum Gasteiger partial charge on any atom is -0.491 e. The molecule has 0 aliphatic rings. The lowest BCUT2D eigenvalue weighted by Gasteiger charge is -2.25. The molecule has 0 radical (unpaired) electrons. The maximum atomic E-state index is 11.6. The third-order valence-electron chi connectivity index (χ3n) is 2.51. The predicted octanol–water partition coefficient (Wildman–Crippen LogP) is 1.98. The van der Waals surface area contributed by atoms with Crippen LogP contribution in [0.15, 0.2) is 28.7 Å². The van der Waals surface area contributed by atoms with Crippen LogP contribution < -0.4 is 10.1 Å². The Morgan fingerprint density at radius 1 is 1.53 bits per heavy atom. The van der Waals surface area contributed by atoms with Gasteiger partial charge in [-0.15, -0.1) is 0 Å². The van der Waals surface area contributed by atoms with Crippen molar-refractivity contribution in [2.45, 2.75) is 12.5 Å². The Hall–Kier alpha value is -1.07. The molecule has 5 heteroatoms. The van der Waals surface area contributed by atoms with Gasteiger partial charge in [0.2, 0.25) is 0 Å². The Kier molecular flexibility index (Phi) is 4.96. The summed E-state index contributed by atoms with van der Waals surface area (Å²) in [5, 5.41) is 2.90. The van der Waals surface area contributed by atoms with Crippen LogP contribution in [0.5, 0.6) is 5.75 Å². The smallest absolute Gasteiger partial charge is 0.329 e. The van der Waals surface area contributed by atoms with Crippen molar-refractivity contribution < 1.29 is 14.3 Å². The molecule has 0 aliphatic heterocycles. The van der Waals surface area contributed by atoms with Gasteiger partial charge in [-0.25, -0.2) is 4.79 Å². The summed E-state index contributed by atoms with van der Waals surface area (Å²) >= 11 is 3.36. The lowest BCUT2D eigenvalue weighted by atomic mass is 10.1. The molecule has 1 aromatic carbocycles. The summed E-state index contributed by atoms with van der Waals surface area (Å²) < 4.78 is 11.2. The summed E-state index contributed by atoms with van der Waals surface area (Å²) in [6.45, 7) is 1.93. The third-order valence-corrected chi connectivity index (χ3v) is 3.00. The van der Waals surface area contributed by atoms with Gasteiger partial charge in [-0.3, -0.25) is 0 Å². The number of likely N-dealkylation sites (N-methyl/N-ethyl adjacent to an activating group) is 1. The van der Waals surface area contributed by atoms with Gasteiger partial charge in [0.1, 0.15) is 17.9 Å². The van der Waals surface area contributed by atoms with E-state index in [1.54, 1.807) is 14.0 Å². The first-order valence-electron chi connectivity index (χ1n) is 5.17. The molecule has 0 aromatic heterocycles. The molecule has 0 amide bonds. The van der Waals surface area contributed by atoms with Crippen LogP contribution in [0.2, 0.25) is 0 Å². The summed E-state index contributed by atoms with van der Waals surface area (Å²) in [6, 6.07) is 7.45. The van der Waals surface area contributed by atoms with E-state index in [1.165, 1.54) is 7.11 Å². The summed E-state index contributed by atoms with van der Waals surface area (Å²) in [5.74, 6) is 0.347. The molecule has 1 unspecified atom stereocenters. The van der Waals surface area contributed by atoms with Crippen molar-refractivity contribution in [1.82, 2.24) is 5.32 Å². The Morgan fingerprint density at radius 3 is 2.76 bits per heavy atom. The van der Waals surface area contributed by atoms with E-state index in [0.717, 1.165) is 4.47 Å². The SMILES string of the molecule is CNC(C)(COc1cccc(Br)c1)C(=O)OC. The zero-order chi connectivity index (χ0) is 12.9. The summed E-state index contributed by atoms with van der Waals surface area (Å²) in [4.78, 5) is 11.6. The molecule has 0 aliphatic carbocycles. The minimum atomic E-state index is -0.850. The van der Waals surface area contributed by atoms with E-state index in [2.05, 4.69) is 21.2 Å². The molecule has 0 saturated heterocycles. The van der Waals surface area contributed by atoms with Gasteiger partial charge >= 0.3 is 5.97 Å². The second kappa shape index (κ2) is 6.02. The molecular weight excluding hydrogens is 286 g/mol. The molecule has 0 spiro atoms. The Morgan fingerprint density at radius 2 is 2.24 bits per heavy atom. The van der Waals surface area contributed by atoms with Crippen molar-refractivity contribution in [3.63, 3.8) is 0 Å². The van der Waals surface area contributed by atoms with E-state index in [4.69, 9.17) is 9.47 Å². The topological polar surface area (TPSA) is 47.6 Å². The van der Waals surface area contributed by atoms with Crippen molar-refractivity contribution in [3.05, 3.63) is 28.7 Å². The highest BCUT2D eigenvalue weighted by molar-refractivity contribution is 9.10. The number of carbonyl (C=O) groups is 1. The van der Waals surface area contributed by atoms with Gasteiger partial charge in [0.25, 0.3) is 0 Å². The Labute approximate surface area is 109 Å². The number of hydrogen-bond donors (Lipinski definition) is 1. The van der Waals surface area contributed by atoms with E-state index in [-0.39, 0.29) is 12.6 Å². The number of halogens is 1. The average Bonchev–Trinajstić information content (AvgIpc) is 2.35. The number of methoxy groups -OCH3 is 1. The van der Waals surface area contributed by atoms with Crippen LogP contribution in [0.3, 0.4) is 0 Å². The molecule has 1 aromatic rings. The molecule has 1 rings (SSSR count). The van der Waals surface area contributed by atoms with Crippen molar-refractivity contribution in [3.8, 4) is 5.75 Å². The van der Waals surface area contributed by atoms with Crippen molar-refractivity contribution >= 4 is 21.9 Å². The molecule has 17 heavy (non-hydrogen) atoms. The van der Waals surface area contributed by atoms with Crippen LogP contribution >= 0.6 is 15.9 Å². The number of ether oxygens (including phenoxy) is 2. The fraction of sp³-hybridized carbons (Fsp3) is 0.417. The molecule has 0 saturated carbocycles. The van der Waals surface area contributed by atoms with Gasteiger partial charge in [-0.2, -0.15) is 0 Å².